The highest BCUT2D eigenvalue weighted by Crippen LogP contribution is 2.58. The van der Waals surface area contributed by atoms with Crippen molar-refractivity contribution in [2.75, 3.05) is 27.8 Å². The van der Waals surface area contributed by atoms with E-state index < -0.39 is 0 Å². The molecule has 2 bridgehead atoms. The smallest absolute Gasteiger partial charge is 0.197 e. The van der Waals surface area contributed by atoms with E-state index in [9.17, 15) is 9.18 Å². The number of carbonyl (C=O) groups is 1. The van der Waals surface area contributed by atoms with Gasteiger partial charge in [-0.2, -0.15) is 0 Å². The van der Waals surface area contributed by atoms with Gasteiger partial charge in [-0.3, -0.25) is 4.79 Å². The van der Waals surface area contributed by atoms with Crippen molar-refractivity contribution in [3.63, 3.8) is 0 Å². The molecule has 1 saturated heterocycles. The molecule has 1 fully saturated rings. The van der Waals surface area contributed by atoms with Gasteiger partial charge in [0.05, 0.1) is 14.2 Å². The zero-order chi connectivity index (χ0) is 22.5. The number of likely N-dealkylation sites (N-methyl/N-ethyl adjacent to an activating group) is 1. The molecular formula is C26H28FNO4. The normalized spacial score (nSPS) is 26.6. The van der Waals surface area contributed by atoms with Crippen molar-refractivity contribution in [3.05, 3.63) is 70.7 Å². The van der Waals surface area contributed by atoms with E-state index in [4.69, 9.17) is 14.2 Å². The number of ketones is 1. The molecule has 0 N–H and O–H groups in total. The van der Waals surface area contributed by atoms with Crippen LogP contribution in [0.1, 0.15) is 29.5 Å². The average molecular weight is 438 g/mol. The minimum atomic E-state index is -0.351. The highest BCUT2D eigenvalue weighted by molar-refractivity contribution is 5.96. The molecule has 0 unspecified atom stereocenters. The molecule has 5 nitrogen and oxygen atoms in total. The van der Waals surface area contributed by atoms with Gasteiger partial charge in [-0.15, -0.1) is 0 Å². The topological polar surface area (TPSA) is 48.0 Å². The van der Waals surface area contributed by atoms with Gasteiger partial charge in [0.1, 0.15) is 12.4 Å². The molecule has 1 heterocycles. The predicted octanol–water partition coefficient (Wildman–Crippen LogP) is 4.03. The summed E-state index contributed by atoms with van der Waals surface area (Å²) < 4.78 is 30.9. The van der Waals surface area contributed by atoms with Crippen LogP contribution in [0.15, 0.2) is 48.2 Å². The maximum Gasteiger partial charge on any atom is 0.197 e. The van der Waals surface area contributed by atoms with Gasteiger partial charge in [0.2, 0.25) is 0 Å². The molecule has 0 spiro atoms. The molecule has 0 aromatic heterocycles. The van der Waals surface area contributed by atoms with Crippen LogP contribution in [-0.2, 0) is 28.0 Å². The Balaban J connectivity index is 1.63. The minimum Gasteiger partial charge on any atom is -0.493 e. The Bertz CT molecular complexity index is 1080. The van der Waals surface area contributed by atoms with Gasteiger partial charge >= 0.3 is 0 Å². The summed E-state index contributed by atoms with van der Waals surface area (Å²) in [5.74, 6) is 1.73. The van der Waals surface area contributed by atoms with E-state index in [1.807, 2.05) is 12.1 Å². The predicted molar refractivity (Wildman–Crippen MR) is 118 cm³/mol. The van der Waals surface area contributed by atoms with Crippen molar-refractivity contribution < 1.29 is 23.4 Å². The fraction of sp³-hybridized carbons (Fsp3) is 0.423. The first kappa shape index (κ1) is 21.0. The van der Waals surface area contributed by atoms with Crippen molar-refractivity contribution >= 4 is 5.78 Å². The first-order valence-corrected chi connectivity index (χ1v) is 11.0. The average Bonchev–Trinajstić information content (AvgIpc) is 2.80. The molecule has 3 atom stereocenters. The van der Waals surface area contributed by atoms with Crippen LogP contribution in [0.2, 0.25) is 0 Å². The number of allylic oxidation sites excluding steroid dienone is 1. The van der Waals surface area contributed by atoms with Crippen LogP contribution in [0.3, 0.4) is 0 Å². The van der Waals surface area contributed by atoms with Crippen LogP contribution >= 0.6 is 0 Å². The molecule has 3 aliphatic rings. The minimum absolute atomic E-state index is 0.0345. The van der Waals surface area contributed by atoms with Crippen LogP contribution < -0.4 is 9.47 Å². The molecular weight excluding hydrogens is 409 g/mol. The molecule has 0 amide bonds. The number of rotatable bonds is 5. The van der Waals surface area contributed by atoms with E-state index in [1.54, 1.807) is 26.4 Å². The van der Waals surface area contributed by atoms with Crippen LogP contribution in [0.4, 0.5) is 4.39 Å². The first-order chi connectivity index (χ1) is 15.5. The molecule has 1 aliphatic heterocycles. The summed E-state index contributed by atoms with van der Waals surface area (Å²) in [6, 6.07) is 10.7. The summed E-state index contributed by atoms with van der Waals surface area (Å²) in [6.45, 7) is 1.21. The van der Waals surface area contributed by atoms with Crippen LogP contribution in [0.5, 0.6) is 11.5 Å². The lowest BCUT2D eigenvalue weighted by atomic mass is 9.53. The summed E-state index contributed by atoms with van der Waals surface area (Å²) >= 11 is 0. The number of likely N-dealkylation sites (tertiary alicyclic amines) is 1. The van der Waals surface area contributed by atoms with Crippen molar-refractivity contribution in [1.82, 2.24) is 4.90 Å². The Morgan fingerprint density at radius 3 is 2.62 bits per heavy atom. The van der Waals surface area contributed by atoms with Crippen LogP contribution in [0.25, 0.3) is 0 Å². The molecule has 168 valence electrons. The standard InChI is InChI=1S/C26H28FNO4/c1-28-11-10-26-14-21(29)23(31-3)13-19(26)20(28)12-17-6-9-22(30-2)25(24(17)26)32-15-16-4-7-18(27)8-5-16/h4-9,13,19-20H,10-12,14-15H2,1-3H3/t19-,20+,26-/m1/s1. The second-order valence-corrected chi connectivity index (χ2v) is 9.07. The van der Waals surface area contributed by atoms with E-state index in [1.165, 1.54) is 17.7 Å². The Hall–Kier alpha value is -2.86. The molecule has 5 rings (SSSR count). The number of carbonyl (C=O) groups excluding carboxylic acids is 1. The number of benzene rings is 2. The lowest BCUT2D eigenvalue weighted by Crippen LogP contribution is -2.60. The number of fused-ring (bicyclic) bond motifs is 1. The highest BCUT2D eigenvalue weighted by Gasteiger charge is 2.56. The molecule has 0 radical (unpaired) electrons. The Morgan fingerprint density at radius 1 is 1.12 bits per heavy atom. The molecule has 2 aliphatic carbocycles. The second-order valence-electron chi connectivity index (χ2n) is 9.07. The van der Waals surface area contributed by atoms with Gasteiger partial charge < -0.3 is 19.1 Å². The van der Waals surface area contributed by atoms with Crippen molar-refractivity contribution in [3.8, 4) is 11.5 Å². The van der Waals surface area contributed by atoms with Crippen molar-refractivity contribution in [2.24, 2.45) is 5.92 Å². The van der Waals surface area contributed by atoms with Crippen molar-refractivity contribution in [2.45, 2.75) is 37.3 Å². The van der Waals surface area contributed by atoms with E-state index >= 15 is 0 Å². The molecule has 2 aromatic carbocycles. The van der Waals surface area contributed by atoms with Gasteiger partial charge in [-0.05, 0) is 61.8 Å². The fourth-order valence-corrected chi connectivity index (χ4v) is 5.89. The summed E-state index contributed by atoms with van der Waals surface area (Å²) in [7, 11) is 5.36. The zero-order valence-corrected chi connectivity index (χ0v) is 18.7. The Morgan fingerprint density at radius 2 is 1.91 bits per heavy atom. The van der Waals surface area contributed by atoms with Crippen molar-refractivity contribution in [1.29, 1.82) is 0 Å². The summed E-state index contributed by atoms with van der Waals surface area (Å²) in [6.07, 6.45) is 4.17. The van der Waals surface area contributed by atoms with Gasteiger partial charge in [-0.1, -0.05) is 18.2 Å². The summed E-state index contributed by atoms with van der Waals surface area (Å²) in [5.41, 5.74) is 2.82. The third-order valence-corrected chi connectivity index (χ3v) is 7.48. The number of methoxy groups -OCH3 is 2. The number of piperidine rings is 1. The van der Waals surface area contributed by atoms with E-state index in [-0.39, 0.29) is 22.9 Å². The van der Waals surface area contributed by atoms with Crippen LogP contribution in [0, 0.1) is 11.7 Å². The van der Waals surface area contributed by atoms with Crippen LogP contribution in [-0.4, -0.2) is 44.5 Å². The Labute approximate surface area is 187 Å². The van der Waals surface area contributed by atoms with Gasteiger partial charge in [-0.25, -0.2) is 4.39 Å². The summed E-state index contributed by atoms with van der Waals surface area (Å²) in [4.78, 5) is 15.4. The first-order valence-electron chi connectivity index (χ1n) is 11.0. The lowest BCUT2D eigenvalue weighted by molar-refractivity contribution is -0.122. The molecule has 32 heavy (non-hydrogen) atoms. The van der Waals surface area contributed by atoms with E-state index in [2.05, 4.69) is 18.0 Å². The molecule has 6 heteroatoms. The van der Waals surface area contributed by atoms with Gasteiger partial charge in [0.15, 0.2) is 23.0 Å². The number of Topliss-reactive ketones (excluding diaryl/α,β-unsaturated/α-hetero) is 1. The number of hydrogen-bond donors (Lipinski definition) is 0. The molecule has 2 aromatic rings. The quantitative estimate of drug-likeness (QED) is 0.707. The second kappa shape index (κ2) is 7.93. The maximum absolute atomic E-state index is 13.3. The third-order valence-electron chi connectivity index (χ3n) is 7.48. The molecule has 0 saturated carbocycles. The zero-order valence-electron chi connectivity index (χ0n) is 18.7. The third kappa shape index (κ3) is 3.20. The number of hydrogen-bond acceptors (Lipinski definition) is 5. The number of ether oxygens (including phenoxy) is 3. The highest BCUT2D eigenvalue weighted by atomic mass is 19.1. The number of halogens is 1. The maximum atomic E-state index is 13.3. The lowest BCUT2D eigenvalue weighted by Gasteiger charge is -2.56. The Kier molecular flexibility index (Phi) is 5.20. The van der Waals surface area contributed by atoms with Gasteiger partial charge in [0.25, 0.3) is 0 Å². The summed E-state index contributed by atoms with van der Waals surface area (Å²) in [5, 5.41) is 0. The van der Waals surface area contributed by atoms with Gasteiger partial charge in [0, 0.05) is 29.4 Å². The van der Waals surface area contributed by atoms with E-state index in [0.717, 1.165) is 30.5 Å². The largest absolute Gasteiger partial charge is 0.493 e. The number of nitrogens with zero attached hydrogens (tertiary/aromatic N) is 1. The monoisotopic (exact) mass is 437 g/mol. The van der Waals surface area contributed by atoms with E-state index in [0.29, 0.717) is 36.3 Å². The fourth-order valence-electron chi connectivity index (χ4n) is 5.89. The SMILES string of the molecule is COC1=C[C@@H]2[C@@H]3Cc4ccc(OC)c(OCc5ccc(F)cc5)c4[C@]2(CCN3C)CC1=O.